The SMILES string of the molecule is Cc1cc(Cl)cc2c1CN(C)CC2c1ccc(NC(NCCN(C)C)=C2CCC2)cc1. The first-order valence-electron chi connectivity index (χ1n) is 11.4. The van der Waals surface area contributed by atoms with Gasteiger partial charge < -0.3 is 20.4 Å². The van der Waals surface area contributed by atoms with Crippen molar-refractivity contribution in [2.45, 2.75) is 38.6 Å². The van der Waals surface area contributed by atoms with Crippen LogP contribution < -0.4 is 10.6 Å². The number of nitrogens with zero attached hydrogens (tertiary/aromatic N) is 2. The van der Waals surface area contributed by atoms with E-state index >= 15 is 0 Å². The molecule has 5 heteroatoms. The number of rotatable bonds is 7. The van der Waals surface area contributed by atoms with Gasteiger partial charge in [-0.15, -0.1) is 0 Å². The molecular formula is C26H35ClN4. The maximum atomic E-state index is 6.42. The first kappa shape index (κ1) is 22.2. The van der Waals surface area contributed by atoms with Gasteiger partial charge in [0.2, 0.25) is 0 Å². The van der Waals surface area contributed by atoms with Crippen LogP contribution in [0.5, 0.6) is 0 Å². The van der Waals surface area contributed by atoms with Gasteiger partial charge in [0.25, 0.3) is 0 Å². The summed E-state index contributed by atoms with van der Waals surface area (Å²) < 4.78 is 0. The minimum absolute atomic E-state index is 0.350. The third-order valence-electron chi connectivity index (χ3n) is 6.52. The molecule has 31 heavy (non-hydrogen) atoms. The number of anilines is 1. The molecule has 2 aliphatic rings. The van der Waals surface area contributed by atoms with Crippen molar-refractivity contribution in [3.8, 4) is 0 Å². The van der Waals surface area contributed by atoms with Crippen LogP contribution in [0.4, 0.5) is 5.69 Å². The van der Waals surface area contributed by atoms with Crippen LogP contribution in [0.3, 0.4) is 0 Å². The van der Waals surface area contributed by atoms with Crippen molar-refractivity contribution < 1.29 is 0 Å². The molecule has 2 N–H and O–H groups in total. The highest BCUT2D eigenvalue weighted by atomic mass is 35.5. The molecule has 166 valence electrons. The summed E-state index contributed by atoms with van der Waals surface area (Å²) in [5.74, 6) is 1.55. The third kappa shape index (κ3) is 5.25. The number of benzene rings is 2. The van der Waals surface area contributed by atoms with Crippen molar-refractivity contribution in [2.75, 3.05) is 46.1 Å². The average molecular weight is 439 g/mol. The van der Waals surface area contributed by atoms with Gasteiger partial charge in [-0.3, -0.25) is 0 Å². The average Bonchev–Trinajstić information content (AvgIpc) is 2.67. The Balaban J connectivity index is 1.52. The van der Waals surface area contributed by atoms with Gasteiger partial charge in [0.15, 0.2) is 0 Å². The van der Waals surface area contributed by atoms with Gasteiger partial charge in [-0.1, -0.05) is 23.7 Å². The molecule has 2 aromatic rings. The Hall–Kier alpha value is -2.01. The predicted molar refractivity (Wildman–Crippen MR) is 132 cm³/mol. The van der Waals surface area contributed by atoms with E-state index in [4.69, 9.17) is 11.6 Å². The van der Waals surface area contributed by atoms with E-state index in [1.54, 1.807) is 0 Å². The van der Waals surface area contributed by atoms with E-state index in [0.29, 0.717) is 5.92 Å². The molecule has 1 heterocycles. The summed E-state index contributed by atoms with van der Waals surface area (Å²) in [6, 6.07) is 13.2. The summed E-state index contributed by atoms with van der Waals surface area (Å²) in [5.41, 5.74) is 8.09. The lowest BCUT2D eigenvalue weighted by molar-refractivity contribution is 0.294. The summed E-state index contributed by atoms with van der Waals surface area (Å²) in [7, 11) is 6.43. The van der Waals surface area contributed by atoms with Gasteiger partial charge in [0, 0.05) is 42.8 Å². The van der Waals surface area contributed by atoms with E-state index in [0.717, 1.165) is 36.9 Å². The molecule has 1 atom stereocenters. The summed E-state index contributed by atoms with van der Waals surface area (Å²) in [4.78, 5) is 4.62. The van der Waals surface area contributed by atoms with Crippen molar-refractivity contribution in [1.82, 2.24) is 15.1 Å². The Labute approximate surface area is 192 Å². The Bertz CT molecular complexity index is 943. The van der Waals surface area contributed by atoms with Crippen LogP contribution >= 0.6 is 11.6 Å². The van der Waals surface area contributed by atoms with Crippen LogP contribution in [0.2, 0.25) is 5.02 Å². The number of halogens is 1. The maximum absolute atomic E-state index is 6.42. The summed E-state index contributed by atoms with van der Waals surface area (Å²) in [5, 5.41) is 8.10. The van der Waals surface area contributed by atoms with E-state index in [2.05, 4.69) is 84.9 Å². The lowest BCUT2D eigenvalue weighted by atomic mass is 9.83. The molecule has 4 nitrogen and oxygen atoms in total. The van der Waals surface area contributed by atoms with Crippen molar-refractivity contribution in [3.05, 3.63) is 75.1 Å². The second kappa shape index (κ2) is 9.64. The molecule has 0 amide bonds. The van der Waals surface area contributed by atoms with Gasteiger partial charge >= 0.3 is 0 Å². The Kier molecular flexibility index (Phi) is 6.90. The zero-order valence-electron chi connectivity index (χ0n) is 19.3. The molecule has 0 saturated heterocycles. The summed E-state index contributed by atoms with van der Waals surface area (Å²) in [6.45, 7) is 6.15. The number of likely N-dealkylation sites (N-methyl/N-ethyl adjacent to an activating group) is 2. The first-order valence-corrected chi connectivity index (χ1v) is 11.7. The third-order valence-corrected chi connectivity index (χ3v) is 6.74. The van der Waals surface area contributed by atoms with Crippen molar-refractivity contribution in [2.24, 2.45) is 0 Å². The van der Waals surface area contributed by atoms with Crippen LogP contribution in [0, 0.1) is 6.92 Å². The van der Waals surface area contributed by atoms with Gasteiger partial charge in [-0.2, -0.15) is 0 Å². The van der Waals surface area contributed by atoms with E-state index < -0.39 is 0 Å². The highest BCUT2D eigenvalue weighted by molar-refractivity contribution is 6.30. The lowest BCUT2D eigenvalue weighted by Crippen LogP contribution is -2.31. The van der Waals surface area contributed by atoms with E-state index in [9.17, 15) is 0 Å². The highest BCUT2D eigenvalue weighted by Crippen LogP contribution is 2.37. The van der Waals surface area contributed by atoms with Crippen LogP contribution in [0.1, 0.15) is 47.4 Å². The van der Waals surface area contributed by atoms with E-state index in [1.807, 2.05) is 0 Å². The Morgan fingerprint density at radius 1 is 1.16 bits per heavy atom. The summed E-state index contributed by atoms with van der Waals surface area (Å²) in [6.07, 6.45) is 3.69. The number of fused-ring (bicyclic) bond motifs is 1. The molecule has 0 aromatic heterocycles. The number of hydrogen-bond acceptors (Lipinski definition) is 4. The molecule has 1 fully saturated rings. The molecule has 0 radical (unpaired) electrons. The fourth-order valence-electron chi connectivity index (χ4n) is 4.56. The largest absolute Gasteiger partial charge is 0.370 e. The van der Waals surface area contributed by atoms with Crippen LogP contribution in [-0.4, -0.2) is 50.6 Å². The molecule has 1 saturated carbocycles. The van der Waals surface area contributed by atoms with Gasteiger partial charge in [-0.05, 0) is 99.4 Å². The predicted octanol–water partition coefficient (Wildman–Crippen LogP) is 5.18. The van der Waals surface area contributed by atoms with E-state index in [1.165, 1.54) is 52.9 Å². The second-order valence-electron chi connectivity index (χ2n) is 9.35. The highest BCUT2D eigenvalue weighted by Gasteiger charge is 2.26. The minimum atomic E-state index is 0.350. The Morgan fingerprint density at radius 2 is 1.90 bits per heavy atom. The first-order chi connectivity index (χ1) is 14.9. The smallest absolute Gasteiger partial charge is 0.102 e. The van der Waals surface area contributed by atoms with Crippen LogP contribution in [-0.2, 0) is 6.54 Å². The molecular weight excluding hydrogens is 404 g/mol. The van der Waals surface area contributed by atoms with Gasteiger partial charge in [0.1, 0.15) is 5.82 Å². The number of allylic oxidation sites excluding steroid dienone is 1. The quantitative estimate of drug-likeness (QED) is 0.623. The second-order valence-corrected chi connectivity index (χ2v) is 9.79. The van der Waals surface area contributed by atoms with Gasteiger partial charge in [0.05, 0.1) is 0 Å². The van der Waals surface area contributed by atoms with Crippen molar-refractivity contribution in [3.63, 3.8) is 0 Å². The van der Waals surface area contributed by atoms with Crippen molar-refractivity contribution >= 4 is 17.3 Å². The fraction of sp³-hybridized carbons (Fsp3) is 0.462. The topological polar surface area (TPSA) is 30.5 Å². The monoisotopic (exact) mass is 438 g/mol. The Morgan fingerprint density at radius 3 is 2.55 bits per heavy atom. The maximum Gasteiger partial charge on any atom is 0.102 e. The number of nitrogens with one attached hydrogen (secondary N) is 2. The minimum Gasteiger partial charge on any atom is -0.370 e. The zero-order valence-corrected chi connectivity index (χ0v) is 20.0. The van der Waals surface area contributed by atoms with Crippen molar-refractivity contribution in [1.29, 1.82) is 0 Å². The molecule has 1 aliphatic heterocycles. The molecule has 4 rings (SSSR count). The normalized spacial score (nSPS) is 18.5. The number of hydrogen-bond donors (Lipinski definition) is 2. The van der Waals surface area contributed by atoms with Crippen LogP contribution in [0.15, 0.2) is 47.8 Å². The zero-order chi connectivity index (χ0) is 22.0. The molecule has 2 aromatic carbocycles. The van der Waals surface area contributed by atoms with E-state index in [-0.39, 0.29) is 0 Å². The molecule has 0 spiro atoms. The fourth-order valence-corrected chi connectivity index (χ4v) is 4.85. The molecule has 1 aliphatic carbocycles. The van der Waals surface area contributed by atoms with Crippen LogP contribution in [0.25, 0.3) is 0 Å². The lowest BCUT2D eigenvalue weighted by Gasteiger charge is -2.34. The number of aryl methyl sites for hydroxylation is 1. The molecule has 0 bridgehead atoms. The summed E-state index contributed by atoms with van der Waals surface area (Å²) >= 11 is 6.42. The van der Waals surface area contributed by atoms with Gasteiger partial charge in [-0.25, -0.2) is 0 Å². The standard InChI is InChI=1S/C26H35ClN4/c1-18-14-21(27)15-23-24(18)16-31(4)17-25(23)19-8-10-22(11-9-19)29-26(20-6-5-7-20)28-12-13-30(2)3/h8-11,14-15,25,28-29H,5-7,12-13,16-17H2,1-4H3. The molecule has 1 unspecified atom stereocenters.